The molecule has 4 heteroatoms. The van der Waals surface area contributed by atoms with E-state index in [2.05, 4.69) is 12.2 Å². The Balaban J connectivity index is 2.17. The monoisotopic (exact) mass is 302 g/mol. The zero-order chi connectivity index (χ0) is 15.1. The molecule has 0 aliphatic carbocycles. The molecule has 0 bridgehead atoms. The third-order valence-corrected chi connectivity index (χ3v) is 3.49. The van der Waals surface area contributed by atoms with Gasteiger partial charge in [-0.2, -0.15) is 0 Å². The Bertz CT molecular complexity index is 586. The van der Waals surface area contributed by atoms with E-state index < -0.39 is 0 Å². The molecule has 0 saturated heterocycles. The zero-order valence-electron chi connectivity index (χ0n) is 12.1. The van der Waals surface area contributed by atoms with E-state index in [0.717, 1.165) is 18.5 Å². The normalized spacial score (nSPS) is 10.2. The molecule has 0 saturated carbocycles. The number of rotatable bonds is 5. The summed E-state index contributed by atoms with van der Waals surface area (Å²) in [5.41, 5.74) is 1.51. The average Bonchev–Trinajstić information content (AvgIpc) is 2.51. The summed E-state index contributed by atoms with van der Waals surface area (Å²) in [4.78, 5) is 14.3. The van der Waals surface area contributed by atoms with Crippen LogP contribution in [0.25, 0.3) is 0 Å². The highest BCUT2D eigenvalue weighted by atomic mass is 35.5. The molecule has 1 N–H and O–H groups in total. The quantitative estimate of drug-likeness (QED) is 0.811. The van der Waals surface area contributed by atoms with Crippen LogP contribution in [0.15, 0.2) is 54.6 Å². The predicted molar refractivity (Wildman–Crippen MR) is 89.2 cm³/mol. The van der Waals surface area contributed by atoms with E-state index in [4.69, 9.17) is 11.6 Å². The molecule has 110 valence electrons. The van der Waals surface area contributed by atoms with Gasteiger partial charge in [-0.3, -0.25) is 4.90 Å². The van der Waals surface area contributed by atoms with Gasteiger partial charge in [-0.25, -0.2) is 4.79 Å². The molecule has 0 spiro atoms. The van der Waals surface area contributed by atoms with Crippen LogP contribution in [0.4, 0.5) is 16.2 Å². The predicted octanol–water partition coefficient (Wildman–Crippen LogP) is 5.18. The highest BCUT2D eigenvalue weighted by Crippen LogP contribution is 2.22. The number of halogens is 1. The summed E-state index contributed by atoms with van der Waals surface area (Å²) in [6.45, 7) is 2.78. The molecule has 0 atom stereocenters. The topological polar surface area (TPSA) is 32.3 Å². The fourth-order valence-electron chi connectivity index (χ4n) is 2.02. The van der Waals surface area contributed by atoms with Crippen LogP contribution in [0.2, 0.25) is 5.02 Å². The van der Waals surface area contributed by atoms with Crippen molar-refractivity contribution in [2.45, 2.75) is 19.8 Å². The van der Waals surface area contributed by atoms with Gasteiger partial charge in [0.2, 0.25) is 0 Å². The molecule has 21 heavy (non-hydrogen) atoms. The first-order valence-corrected chi connectivity index (χ1v) is 7.48. The second-order valence-corrected chi connectivity index (χ2v) is 5.16. The fraction of sp³-hybridized carbons (Fsp3) is 0.235. The number of benzene rings is 2. The van der Waals surface area contributed by atoms with E-state index in [9.17, 15) is 4.79 Å². The highest BCUT2D eigenvalue weighted by Gasteiger charge is 2.15. The highest BCUT2D eigenvalue weighted by molar-refractivity contribution is 6.33. The van der Waals surface area contributed by atoms with Crippen molar-refractivity contribution in [1.29, 1.82) is 0 Å². The number of nitrogens with zero attached hydrogens (tertiary/aromatic N) is 1. The fourth-order valence-corrected chi connectivity index (χ4v) is 2.20. The Labute approximate surface area is 130 Å². The Kier molecular flexibility index (Phi) is 5.64. The first kappa shape index (κ1) is 15.4. The van der Waals surface area contributed by atoms with Gasteiger partial charge >= 0.3 is 6.03 Å². The maximum atomic E-state index is 12.5. The lowest BCUT2D eigenvalue weighted by atomic mass is 10.2. The average molecular weight is 303 g/mol. The Morgan fingerprint density at radius 2 is 1.76 bits per heavy atom. The van der Waals surface area contributed by atoms with Gasteiger partial charge in [0.1, 0.15) is 0 Å². The van der Waals surface area contributed by atoms with E-state index in [-0.39, 0.29) is 6.03 Å². The Morgan fingerprint density at radius 1 is 1.10 bits per heavy atom. The van der Waals surface area contributed by atoms with Gasteiger partial charge in [0.05, 0.1) is 10.7 Å². The Hall–Kier alpha value is -2.00. The molecule has 0 aliphatic heterocycles. The minimum atomic E-state index is -0.164. The van der Waals surface area contributed by atoms with Gasteiger partial charge in [0.15, 0.2) is 0 Å². The first-order chi connectivity index (χ1) is 10.2. The van der Waals surface area contributed by atoms with Gasteiger partial charge in [-0.05, 0) is 30.7 Å². The Morgan fingerprint density at radius 3 is 2.43 bits per heavy atom. The van der Waals surface area contributed by atoms with E-state index in [1.165, 1.54) is 0 Å². The molecule has 0 heterocycles. The number of amides is 2. The summed E-state index contributed by atoms with van der Waals surface area (Å²) < 4.78 is 0. The molecule has 3 nitrogen and oxygen atoms in total. The molecule has 2 aromatic carbocycles. The summed E-state index contributed by atoms with van der Waals surface area (Å²) in [5, 5.41) is 3.41. The van der Waals surface area contributed by atoms with Gasteiger partial charge in [-0.1, -0.05) is 55.3 Å². The molecule has 0 radical (unpaired) electrons. The van der Waals surface area contributed by atoms with Crippen molar-refractivity contribution >= 4 is 29.0 Å². The summed E-state index contributed by atoms with van der Waals surface area (Å²) in [7, 11) is 0. The van der Waals surface area contributed by atoms with Gasteiger partial charge in [0.25, 0.3) is 0 Å². The SMILES string of the molecule is CCCCN(C(=O)Nc1ccccc1Cl)c1ccccc1. The van der Waals surface area contributed by atoms with E-state index in [1.807, 2.05) is 42.5 Å². The molecule has 2 amide bonds. The third-order valence-electron chi connectivity index (χ3n) is 3.16. The number of urea groups is 1. The third kappa shape index (κ3) is 4.23. The molecule has 0 aliphatic rings. The number of nitrogens with one attached hydrogen (secondary N) is 1. The summed E-state index contributed by atoms with van der Waals surface area (Å²) in [6.07, 6.45) is 1.98. The lowest BCUT2D eigenvalue weighted by molar-refractivity contribution is 0.257. The van der Waals surface area contributed by atoms with Crippen molar-refractivity contribution in [3.8, 4) is 0 Å². The van der Waals surface area contributed by atoms with Crippen LogP contribution in [0.3, 0.4) is 0 Å². The van der Waals surface area contributed by atoms with E-state index in [1.54, 1.807) is 17.0 Å². The second-order valence-electron chi connectivity index (χ2n) is 4.75. The van der Waals surface area contributed by atoms with E-state index in [0.29, 0.717) is 17.3 Å². The first-order valence-electron chi connectivity index (χ1n) is 7.10. The lowest BCUT2D eigenvalue weighted by Gasteiger charge is -2.23. The molecular formula is C17H19ClN2O. The van der Waals surface area contributed by atoms with Crippen LogP contribution in [-0.4, -0.2) is 12.6 Å². The van der Waals surface area contributed by atoms with Crippen LogP contribution in [0.1, 0.15) is 19.8 Å². The number of carbonyl (C=O) groups is 1. The van der Waals surface area contributed by atoms with Crippen molar-refractivity contribution in [3.63, 3.8) is 0 Å². The van der Waals surface area contributed by atoms with Crippen molar-refractivity contribution in [2.75, 3.05) is 16.8 Å². The molecule has 2 aromatic rings. The number of hydrogen-bond acceptors (Lipinski definition) is 1. The van der Waals surface area contributed by atoms with Crippen LogP contribution in [0, 0.1) is 0 Å². The van der Waals surface area contributed by atoms with E-state index >= 15 is 0 Å². The lowest BCUT2D eigenvalue weighted by Crippen LogP contribution is -2.35. The van der Waals surface area contributed by atoms with Crippen molar-refractivity contribution in [3.05, 3.63) is 59.6 Å². The second kappa shape index (κ2) is 7.70. The zero-order valence-corrected chi connectivity index (χ0v) is 12.8. The minimum Gasteiger partial charge on any atom is -0.306 e. The molecule has 0 aromatic heterocycles. The van der Waals surface area contributed by atoms with Crippen LogP contribution in [0.5, 0.6) is 0 Å². The summed E-state index contributed by atoms with van der Waals surface area (Å²) in [5.74, 6) is 0. The number of anilines is 2. The number of carbonyl (C=O) groups excluding carboxylic acids is 1. The number of para-hydroxylation sites is 2. The molecule has 0 unspecified atom stereocenters. The maximum absolute atomic E-state index is 12.5. The van der Waals surface area contributed by atoms with Gasteiger partial charge in [-0.15, -0.1) is 0 Å². The molecule has 2 rings (SSSR count). The van der Waals surface area contributed by atoms with Crippen molar-refractivity contribution in [2.24, 2.45) is 0 Å². The molecular weight excluding hydrogens is 284 g/mol. The minimum absolute atomic E-state index is 0.164. The van der Waals surface area contributed by atoms with Crippen molar-refractivity contribution in [1.82, 2.24) is 0 Å². The summed E-state index contributed by atoms with van der Waals surface area (Å²) >= 11 is 6.09. The smallest absolute Gasteiger partial charge is 0.306 e. The van der Waals surface area contributed by atoms with Crippen molar-refractivity contribution < 1.29 is 4.79 Å². The number of hydrogen-bond donors (Lipinski definition) is 1. The molecule has 0 fully saturated rings. The van der Waals surface area contributed by atoms with Gasteiger partial charge in [0, 0.05) is 12.2 Å². The van der Waals surface area contributed by atoms with Crippen LogP contribution < -0.4 is 10.2 Å². The number of unbranched alkanes of at least 4 members (excludes halogenated alkanes) is 1. The largest absolute Gasteiger partial charge is 0.326 e. The van der Waals surface area contributed by atoms with Crippen LogP contribution >= 0.6 is 11.6 Å². The summed E-state index contributed by atoms with van der Waals surface area (Å²) in [6, 6.07) is 16.7. The standard InChI is InChI=1S/C17H19ClN2O/c1-2-3-13-20(14-9-5-4-6-10-14)17(21)19-16-12-8-7-11-15(16)18/h4-12H,2-3,13H2,1H3,(H,19,21). The van der Waals surface area contributed by atoms with Crippen LogP contribution in [-0.2, 0) is 0 Å². The van der Waals surface area contributed by atoms with Gasteiger partial charge < -0.3 is 5.32 Å². The maximum Gasteiger partial charge on any atom is 0.326 e.